The molecule has 0 aliphatic heterocycles. The van der Waals surface area contributed by atoms with E-state index in [0.717, 1.165) is 23.5 Å². The Labute approximate surface area is 112 Å². The summed E-state index contributed by atoms with van der Waals surface area (Å²) in [6.45, 7) is 4.77. The van der Waals surface area contributed by atoms with Crippen molar-refractivity contribution in [2.45, 2.75) is 58.0 Å². The molecule has 1 heterocycles. The summed E-state index contributed by atoms with van der Waals surface area (Å²) < 4.78 is 0. The Morgan fingerprint density at radius 1 is 1.50 bits per heavy atom. The van der Waals surface area contributed by atoms with Crippen LogP contribution in [-0.4, -0.2) is 17.1 Å². The Balaban J connectivity index is 1.74. The number of urea groups is 1. The number of aromatic nitrogens is 1. The van der Waals surface area contributed by atoms with E-state index in [-0.39, 0.29) is 6.03 Å². The van der Waals surface area contributed by atoms with E-state index in [1.807, 2.05) is 5.38 Å². The van der Waals surface area contributed by atoms with Crippen LogP contribution < -0.4 is 10.6 Å². The molecular formula is C13H21N3OS. The van der Waals surface area contributed by atoms with Crippen LogP contribution in [0.3, 0.4) is 0 Å². The number of nitrogens with zero attached hydrogens (tertiary/aromatic N) is 1. The Morgan fingerprint density at radius 2 is 2.22 bits per heavy atom. The van der Waals surface area contributed by atoms with E-state index < -0.39 is 0 Å². The summed E-state index contributed by atoms with van der Waals surface area (Å²) in [5.74, 6) is 0.455. The lowest BCUT2D eigenvalue weighted by Gasteiger charge is -2.12. The third-order valence-corrected chi connectivity index (χ3v) is 4.38. The van der Waals surface area contributed by atoms with Gasteiger partial charge in [-0.1, -0.05) is 26.7 Å². The first-order valence-corrected chi connectivity index (χ1v) is 7.52. The summed E-state index contributed by atoms with van der Waals surface area (Å²) in [7, 11) is 0. The van der Waals surface area contributed by atoms with Crippen molar-refractivity contribution < 1.29 is 4.79 Å². The highest BCUT2D eigenvalue weighted by atomic mass is 32.1. The van der Waals surface area contributed by atoms with Crippen LogP contribution in [0.5, 0.6) is 0 Å². The molecule has 1 aliphatic rings. The quantitative estimate of drug-likeness (QED) is 0.881. The number of nitrogens with one attached hydrogen (secondary N) is 2. The first-order chi connectivity index (χ1) is 8.65. The van der Waals surface area contributed by atoms with Crippen molar-refractivity contribution in [3.8, 4) is 0 Å². The number of rotatable bonds is 4. The van der Waals surface area contributed by atoms with E-state index in [1.54, 1.807) is 11.3 Å². The molecule has 1 aromatic rings. The van der Waals surface area contributed by atoms with E-state index in [2.05, 4.69) is 29.5 Å². The third-order valence-electron chi connectivity index (χ3n) is 3.18. The highest BCUT2D eigenvalue weighted by molar-refractivity contribution is 7.09. The molecule has 1 saturated carbocycles. The highest BCUT2D eigenvalue weighted by Gasteiger charge is 2.16. The zero-order chi connectivity index (χ0) is 13.0. The minimum absolute atomic E-state index is 0.0685. The number of hydrogen-bond donors (Lipinski definition) is 2. The van der Waals surface area contributed by atoms with Gasteiger partial charge < -0.3 is 10.6 Å². The van der Waals surface area contributed by atoms with Crippen LogP contribution in [0.4, 0.5) is 4.79 Å². The maximum Gasteiger partial charge on any atom is 0.315 e. The molecule has 2 N–H and O–H groups in total. The summed E-state index contributed by atoms with van der Waals surface area (Å²) >= 11 is 1.66. The van der Waals surface area contributed by atoms with Crippen LogP contribution in [0.1, 0.15) is 56.2 Å². The second-order valence-corrected chi connectivity index (χ2v) is 6.03. The van der Waals surface area contributed by atoms with Gasteiger partial charge in [-0.05, 0) is 12.8 Å². The Bertz CT molecular complexity index is 397. The summed E-state index contributed by atoms with van der Waals surface area (Å²) in [5.41, 5.74) is 0.949. The van der Waals surface area contributed by atoms with Crippen molar-refractivity contribution in [2.24, 2.45) is 0 Å². The van der Waals surface area contributed by atoms with Gasteiger partial charge >= 0.3 is 6.03 Å². The molecule has 4 nitrogen and oxygen atoms in total. The molecule has 0 bridgehead atoms. The molecule has 2 rings (SSSR count). The van der Waals surface area contributed by atoms with Crippen molar-refractivity contribution in [2.75, 3.05) is 0 Å². The number of thiazole rings is 1. The molecule has 18 heavy (non-hydrogen) atoms. The fourth-order valence-corrected chi connectivity index (χ4v) is 2.98. The van der Waals surface area contributed by atoms with Gasteiger partial charge in [-0.3, -0.25) is 0 Å². The first-order valence-electron chi connectivity index (χ1n) is 6.64. The normalized spacial score (nSPS) is 16.2. The Morgan fingerprint density at radius 3 is 2.83 bits per heavy atom. The van der Waals surface area contributed by atoms with Gasteiger partial charge in [0.1, 0.15) is 0 Å². The molecular weight excluding hydrogens is 246 g/mol. The Hall–Kier alpha value is -1.10. The van der Waals surface area contributed by atoms with E-state index in [4.69, 9.17) is 0 Å². The second kappa shape index (κ2) is 6.18. The van der Waals surface area contributed by atoms with Crippen LogP contribution in [0.2, 0.25) is 0 Å². The average molecular weight is 267 g/mol. The van der Waals surface area contributed by atoms with Gasteiger partial charge in [0, 0.05) is 17.3 Å². The predicted octanol–water partition coefficient (Wildman–Crippen LogP) is 3.01. The topological polar surface area (TPSA) is 54.0 Å². The van der Waals surface area contributed by atoms with Gasteiger partial charge in [-0.2, -0.15) is 0 Å². The van der Waals surface area contributed by atoms with Gasteiger partial charge in [-0.15, -0.1) is 11.3 Å². The maximum atomic E-state index is 11.7. The number of hydrogen-bond acceptors (Lipinski definition) is 3. The van der Waals surface area contributed by atoms with Crippen LogP contribution in [-0.2, 0) is 6.54 Å². The minimum atomic E-state index is -0.0685. The van der Waals surface area contributed by atoms with Crippen LogP contribution >= 0.6 is 11.3 Å². The molecule has 0 unspecified atom stereocenters. The number of carbonyl (C=O) groups excluding carboxylic acids is 1. The highest BCUT2D eigenvalue weighted by Crippen LogP contribution is 2.19. The lowest BCUT2D eigenvalue weighted by molar-refractivity contribution is 0.236. The van der Waals surface area contributed by atoms with Crippen LogP contribution in [0.25, 0.3) is 0 Å². The molecule has 0 aromatic carbocycles. The predicted molar refractivity (Wildman–Crippen MR) is 73.8 cm³/mol. The molecule has 2 amide bonds. The van der Waals surface area contributed by atoms with Gasteiger partial charge in [0.2, 0.25) is 0 Å². The second-order valence-electron chi connectivity index (χ2n) is 5.14. The van der Waals surface area contributed by atoms with Crippen LogP contribution in [0.15, 0.2) is 5.38 Å². The van der Waals surface area contributed by atoms with Gasteiger partial charge in [0.05, 0.1) is 17.2 Å². The zero-order valence-corrected chi connectivity index (χ0v) is 11.8. The standard InChI is InChI=1S/C13H21N3OS/c1-9(2)12-15-11(8-18-12)7-14-13(17)16-10-5-3-4-6-10/h8-10H,3-7H2,1-2H3,(H2,14,16,17). The lowest BCUT2D eigenvalue weighted by atomic mass is 10.2. The fourth-order valence-electron chi connectivity index (χ4n) is 2.15. The molecule has 0 saturated heterocycles. The van der Waals surface area contributed by atoms with Crippen molar-refractivity contribution in [3.63, 3.8) is 0 Å². The minimum Gasteiger partial charge on any atom is -0.335 e. The summed E-state index contributed by atoms with van der Waals surface area (Å²) in [6, 6.07) is 0.299. The Kier molecular flexibility index (Phi) is 4.58. The maximum absolute atomic E-state index is 11.7. The lowest BCUT2D eigenvalue weighted by Crippen LogP contribution is -2.40. The average Bonchev–Trinajstić information content (AvgIpc) is 2.96. The summed E-state index contributed by atoms with van der Waals surface area (Å²) in [6.07, 6.45) is 4.69. The fraction of sp³-hybridized carbons (Fsp3) is 0.692. The van der Waals surface area contributed by atoms with Gasteiger partial charge in [0.25, 0.3) is 0 Å². The summed E-state index contributed by atoms with van der Waals surface area (Å²) in [4.78, 5) is 16.2. The molecule has 100 valence electrons. The van der Waals surface area contributed by atoms with E-state index in [0.29, 0.717) is 18.5 Å². The molecule has 0 spiro atoms. The van der Waals surface area contributed by atoms with E-state index in [9.17, 15) is 4.79 Å². The molecule has 1 aliphatic carbocycles. The molecule has 5 heteroatoms. The third kappa shape index (κ3) is 3.70. The monoisotopic (exact) mass is 267 g/mol. The summed E-state index contributed by atoms with van der Waals surface area (Å²) in [5, 5.41) is 9.02. The van der Waals surface area contributed by atoms with Crippen molar-refractivity contribution in [1.29, 1.82) is 0 Å². The van der Waals surface area contributed by atoms with E-state index >= 15 is 0 Å². The zero-order valence-electron chi connectivity index (χ0n) is 11.0. The van der Waals surface area contributed by atoms with Gasteiger partial charge in [-0.25, -0.2) is 9.78 Å². The number of amides is 2. The van der Waals surface area contributed by atoms with Crippen LogP contribution in [0, 0.1) is 0 Å². The smallest absolute Gasteiger partial charge is 0.315 e. The van der Waals surface area contributed by atoms with Crippen molar-refractivity contribution in [1.82, 2.24) is 15.6 Å². The van der Waals surface area contributed by atoms with Gasteiger partial charge in [0.15, 0.2) is 0 Å². The van der Waals surface area contributed by atoms with Crippen molar-refractivity contribution >= 4 is 17.4 Å². The molecule has 0 radical (unpaired) electrons. The largest absolute Gasteiger partial charge is 0.335 e. The SMILES string of the molecule is CC(C)c1nc(CNC(=O)NC2CCCC2)cs1. The van der Waals surface area contributed by atoms with Crippen molar-refractivity contribution in [3.05, 3.63) is 16.1 Å². The van der Waals surface area contributed by atoms with E-state index in [1.165, 1.54) is 12.8 Å². The first kappa shape index (κ1) is 13.3. The number of carbonyl (C=O) groups is 1. The molecule has 0 atom stereocenters. The molecule has 1 aromatic heterocycles. The molecule has 1 fully saturated rings.